The second kappa shape index (κ2) is 3.92. The Morgan fingerprint density at radius 1 is 1.42 bits per heavy atom. The molecule has 0 saturated carbocycles. The lowest BCUT2D eigenvalue weighted by Crippen LogP contribution is -2.40. The summed E-state index contributed by atoms with van der Waals surface area (Å²) < 4.78 is 10.9. The van der Waals surface area contributed by atoms with Crippen LogP contribution in [0.5, 0.6) is 0 Å². The number of nitrogens with one attached hydrogen (secondary N) is 1. The maximum absolute atomic E-state index is 5.61. The SMILES string of the molecule is C1=C(C2CNCCO2)CCCO1. The summed E-state index contributed by atoms with van der Waals surface area (Å²) in [6, 6.07) is 0. The van der Waals surface area contributed by atoms with Crippen molar-refractivity contribution >= 4 is 0 Å². The van der Waals surface area contributed by atoms with Gasteiger partial charge in [0, 0.05) is 13.1 Å². The Kier molecular flexibility index (Phi) is 2.64. The van der Waals surface area contributed by atoms with Gasteiger partial charge < -0.3 is 14.8 Å². The minimum Gasteiger partial charge on any atom is -0.501 e. The monoisotopic (exact) mass is 169 g/mol. The Morgan fingerprint density at radius 2 is 2.42 bits per heavy atom. The highest BCUT2D eigenvalue weighted by molar-refractivity contribution is 5.08. The number of ether oxygens (including phenoxy) is 2. The molecule has 1 fully saturated rings. The van der Waals surface area contributed by atoms with Gasteiger partial charge in [-0.15, -0.1) is 0 Å². The number of rotatable bonds is 1. The molecule has 2 aliphatic heterocycles. The normalized spacial score (nSPS) is 30.7. The summed E-state index contributed by atoms with van der Waals surface area (Å²) in [7, 11) is 0. The molecule has 0 aromatic rings. The molecule has 0 spiro atoms. The largest absolute Gasteiger partial charge is 0.501 e. The van der Waals surface area contributed by atoms with Gasteiger partial charge in [0.15, 0.2) is 0 Å². The Bertz CT molecular complexity index is 173. The molecule has 12 heavy (non-hydrogen) atoms. The minimum atomic E-state index is 0.263. The van der Waals surface area contributed by atoms with Gasteiger partial charge in [0.1, 0.15) is 0 Å². The fraction of sp³-hybridized carbons (Fsp3) is 0.778. The summed E-state index contributed by atoms with van der Waals surface area (Å²) in [6.45, 7) is 3.60. The Labute approximate surface area is 72.7 Å². The minimum absolute atomic E-state index is 0.263. The Morgan fingerprint density at radius 3 is 3.08 bits per heavy atom. The fourth-order valence-corrected chi connectivity index (χ4v) is 1.62. The van der Waals surface area contributed by atoms with Crippen molar-refractivity contribution in [1.82, 2.24) is 5.32 Å². The van der Waals surface area contributed by atoms with E-state index in [1.165, 1.54) is 5.57 Å². The summed E-state index contributed by atoms with van der Waals surface area (Å²) in [4.78, 5) is 0. The molecular weight excluding hydrogens is 154 g/mol. The van der Waals surface area contributed by atoms with Gasteiger partial charge >= 0.3 is 0 Å². The van der Waals surface area contributed by atoms with Crippen LogP contribution >= 0.6 is 0 Å². The van der Waals surface area contributed by atoms with Crippen LogP contribution in [-0.2, 0) is 9.47 Å². The molecule has 3 nitrogen and oxygen atoms in total. The van der Waals surface area contributed by atoms with Gasteiger partial charge in [0.05, 0.1) is 25.6 Å². The number of hydrogen-bond donors (Lipinski definition) is 1. The van der Waals surface area contributed by atoms with Gasteiger partial charge in [-0.1, -0.05) is 0 Å². The first kappa shape index (κ1) is 8.08. The maximum atomic E-state index is 5.61. The van der Waals surface area contributed by atoms with E-state index in [4.69, 9.17) is 9.47 Å². The van der Waals surface area contributed by atoms with Crippen LogP contribution in [0.15, 0.2) is 11.8 Å². The van der Waals surface area contributed by atoms with Crippen LogP contribution in [0, 0.1) is 0 Å². The molecule has 2 aliphatic rings. The summed E-state index contributed by atoms with van der Waals surface area (Å²) >= 11 is 0. The van der Waals surface area contributed by atoms with E-state index in [1.54, 1.807) is 0 Å². The van der Waals surface area contributed by atoms with Crippen molar-refractivity contribution < 1.29 is 9.47 Å². The molecule has 1 N–H and O–H groups in total. The Balaban J connectivity index is 1.92. The molecule has 0 amide bonds. The first-order chi connectivity index (χ1) is 5.97. The average molecular weight is 169 g/mol. The molecule has 0 aliphatic carbocycles. The molecule has 1 saturated heterocycles. The average Bonchev–Trinajstić information content (AvgIpc) is 2.21. The smallest absolute Gasteiger partial charge is 0.0942 e. The van der Waals surface area contributed by atoms with Crippen LogP contribution in [0.3, 0.4) is 0 Å². The molecule has 3 heteroatoms. The summed E-state index contributed by atoms with van der Waals surface area (Å²) in [5, 5.41) is 3.31. The molecule has 68 valence electrons. The molecule has 0 aromatic carbocycles. The van der Waals surface area contributed by atoms with Crippen molar-refractivity contribution in [1.29, 1.82) is 0 Å². The van der Waals surface area contributed by atoms with Crippen molar-refractivity contribution in [2.24, 2.45) is 0 Å². The zero-order valence-corrected chi connectivity index (χ0v) is 7.21. The zero-order chi connectivity index (χ0) is 8.23. The van der Waals surface area contributed by atoms with E-state index in [0.29, 0.717) is 0 Å². The van der Waals surface area contributed by atoms with Gasteiger partial charge in [-0.05, 0) is 18.4 Å². The first-order valence-electron chi connectivity index (χ1n) is 4.60. The van der Waals surface area contributed by atoms with Crippen molar-refractivity contribution in [2.45, 2.75) is 18.9 Å². The molecule has 0 aromatic heterocycles. The van der Waals surface area contributed by atoms with E-state index >= 15 is 0 Å². The van der Waals surface area contributed by atoms with Crippen LogP contribution in [0.25, 0.3) is 0 Å². The van der Waals surface area contributed by atoms with E-state index in [9.17, 15) is 0 Å². The fourth-order valence-electron chi connectivity index (χ4n) is 1.62. The van der Waals surface area contributed by atoms with Crippen LogP contribution < -0.4 is 5.32 Å². The van der Waals surface area contributed by atoms with E-state index < -0.39 is 0 Å². The molecule has 1 unspecified atom stereocenters. The second-order valence-electron chi connectivity index (χ2n) is 3.23. The van der Waals surface area contributed by atoms with Gasteiger partial charge in [-0.3, -0.25) is 0 Å². The van der Waals surface area contributed by atoms with E-state index in [-0.39, 0.29) is 6.10 Å². The lowest BCUT2D eigenvalue weighted by molar-refractivity contribution is 0.0433. The molecule has 2 rings (SSSR count). The van der Waals surface area contributed by atoms with Crippen molar-refractivity contribution in [3.63, 3.8) is 0 Å². The van der Waals surface area contributed by atoms with Crippen molar-refractivity contribution in [3.8, 4) is 0 Å². The summed E-state index contributed by atoms with van der Waals surface area (Å²) in [5.41, 5.74) is 1.31. The van der Waals surface area contributed by atoms with Gasteiger partial charge in [-0.25, -0.2) is 0 Å². The summed E-state index contributed by atoms with van der Waals surface area (Å²) in [5.74, 6) is 0. The quantitative estimate of drug-likeness (QED) is 0.625. The third-order valence-corrected chi connectivity index (χ3v) is 2.30. The highest BCUT2D eigenvalue weighted by atomic mass is 16.5. The standard InChI is InChI=1S/C9H15NO2/c1-2-8(7-11-4-1)9-6-10-3-5-12-9/h7,9-10H,1-6H2. The first-order valence-corrected chi connectivity index (χ1v) is 4.60. The van der Waals surface area contributed by atoms with Gasteiger partial charge in [0.2, 0.25) is 0 Å². The number of hydrogen-bond acceptors (Lipinski definition) is 3. The van der Waals surface area contributed by atoms with E-state index in [2.05, 4.69) is 5.32 Å². The topological polar surface area (TPSA) is 30.5 Å². The lowest BCUT2D eigenvalue weighted by Gasteiger charge is -2.27. The second-order valence-corrected chi connectivity index (χ2v) is 3.23. The van der Waals surface area contributed by atoms with Crippen molar-refractivity contribution in [3.05, 3.63) is 11.8 Å². The van der Waals surface area contributed by atoms with Crippen LogP contribution in [0.4, 0.5) is 0 Å². The van der Waals surface area contributed by atoms with Gasteiger partial charge in [0.25, 0.3) is 0 Å². The van der Waals surface area contributed by atoms with E-state index in [0.717, 1.165) is 39.1 Å². The Hall–Kier alpha value is -0.540. The van der Waals surface area contributed by atoms with E-state index in [1.807, 2.05) is 6.26 Å². The zero-order valence-electron chi connectivity index (χ0n) is 7.21. The molecule has 1 atom stereocenters. The molecule has 2 heterocycles. The predicted octanol–water partition coefficient (Wildman–Crippen LogP) is 0.669. The lowest BCUT2D eigenvalue weighted by atomic mass is 10.0. The van der Waals surface area contributed by atoms with Crippen molar-refractivity contribution in [2.75, 3.05) is 26.3 Å². The third-order valence-electron chi connectivity index (χ3n) is 2.30. The highest BCUT2D eigenvalue weighted by Gasteiger charge is 2.19. The summed E-state index contributed by atoms with van der Waals surface area (Å²) in [6.07, 6.45) is 4.40. The van der Waals surface area contributed by atoms with Crippen LogP contribution in [0.1, 0.15) is 12.8 Å². The maximum Gasteiger partial charge on any atom is 0.0942 e. The number of morpholine rings is 1. The molecular formula is C9H15NO2. The highest BCUT2D eigenvalue weighted by Crippen LogP contribution is 2.18. The molecule has 0 radical (unpaired) electrons. The molecule has 0 bridgehead atoms. The van der Waals surface area contributed by atoms with Crippen LogP contribution in [-0.4, -0.2) is 32.4 Å². The third kappa shape index (κ3) is 1.79. The predicted molar refractivity (Wildman–Crippen MR) is 45.9 cm³/mol. The van der Waals surface area contributed by atoms with Crippen LogP contribution in [0.2, 0.25) is 0 Å². The van der Waals surface area contributed by atoms with Gasteiger partial charge in [-0.2, -0.15) is 0 Å².